The third-order valence-electron chi connectivity index (χ3n) is 5.04. The average molecular weight is 398 g/mol. The van der Waals surface area contributed by atoms with Crippen LogP contribution in [0.2, 0.25) is 0 Å². The highest BCUT2D eigenvalue weighted by Crippen LogP contribution is 2.37. The molecular weight excluding hydrogens is 377 g/mol. The Balaban J connectivity index is 1.73. The second kappa shape index (κ2) is 7.81. The predicted octanol–water partition coefficient (Wildman–Crippen LogP) is 3.50. The van der Waals surface area contributed by atoms with Gasteiger partial charge in [0.1, 0.15) is 6.54 Å². The van der Waals surface area contributed by atoms with Crippen LogP contribution in [0.1, 0.15) is 44.6 Å². The van der Waals surface area contributed by atoms with Gasteiger partial charge in [-0.15, -0.1) is 0 Å². The number of halogens is 3. The zero-order valence-corrected chi connectivity index (χ0v) is 15.3. The van der Waals surface area contributed by atoms with Crippen LogP contribution >= 0.6 is 0 Å². The molecule has 0 bridgehead atoms. The molecule has 2 aliphatic rings. The number of hydrogen-bond donors (Lipinski definition) is 1. The van der Waals surface area contributed by atoms with Crippen LogP contribution in [0.3, 0.4) is 0 Å². The number of carbonyl (C=O) groups is 3. The van der Waals surface area contributed by atoms with E-state index in [1.165, 1.54) is 6.92 Å². The fraction of sp³-hybridized carbons (Fsp3) is 0.526. The second-order valence-electron chi connectivity index (χ2n) is 7.19. The monoisotopic (exact) mass is 398 g/mol. The van der Waals surface area contributed by atoms with Gasteiger partial charge in [0.05, 0.1) is 16.9 Å². The van der Waals surface area contributed by atoms with E-state index in [0.29, 0.717) is 0 Å². The highest BCUT2D eigenvalue weighted by atomic mass is 19.4. The van der Waals surface area contributed by atoms with E-state index < -0.39 is 35.6 Å². The number of anilines is 2. The van der Waals surface area contributed by atoms with E-state index in [1.807, 2.05) is 0 Å². The number of hydrogen-bond acceptors (Lipinski definition) is 4. The zero-order chi connectivity index (χ0) is 20.5. The van der Waals surface area contributed by atoms with Crippen LogP contribution in [-0.2, 0) is 25.3 Å². The smallest absolute Gasteiger partial charge is 0.416 e. The number of carbonyl (C=O) groups excluding carboxylic acids is 3. The third kappa shape index (κ3) is 4.45. The maximum absolute atomic E-state index is 12.9. The van der Waals surface area contributed by atoms with E-state index in [4.69, 9.17) is 4.74 Å². The molecule has 1 heterocycles. The van der Waals surface area contributed by atoms with E-state index in [2.05, 4.69) is 5.32 Å². The minimum absolute atomic E-state index is 0.107. The number of benzene rings is 1. The van der Waals surface area contributed by atoms with Crippen LogP contribution in [0.25, 0.3) is 0 Å². The molecule has 0 spiro atoms. The van der Waals surface area contributed by atoms with Crippen LogP contribution in [0.5, 0.6) is 0 Å². The van der Waals surface area contributed by atoms with Crippen LogP contribution in [0, 0.1) is 5.92 Å². The van der Waals surface area contributed by atoms with Gasteiger partial charge in [-0.05, 0) is 43.9 Å². The molecule has 1 aromatic carbocycles. The highest BCUT2D eigenvalue weighted by molar-refractivity contribution is 6.11. The van der Waals surface area contributed by atoms with Crippen molar-refractivity contribution in [2.75, 3.05) is 16.8 Å². The first-order valence-corrected chi connectivity index (χ1v) is 9.17. The van der Waals surface area contributed by atoms with Gasteiger partial charge in [0.15, 0.2) is 6.10 Å². The summed E-state index contributed by atoms with van der Waals surface area (Å²) in [4.78, 5) is 37.7. The van der Waals surface area contributed by atoms with Crippen LogP contribution in [-0.4, -0.2) is 30.4 Å². The summed E-state index contributed by atoms with van der Waals surface area (Å²) in [6, 6.07) is 2.75. The summed E-state index contributed by atoms with van der Waals surface area (Å²) >= 11 is 0. The van der Waals surface area contributed by atoms with Gasteiger partial charge in [0.25, 0.3) is 5.91 Å². The molecule has 0 saturated heterocycles. The standard InChI is InChI=1S/C19H21F3N2O4/c1-11(28-17(26)8-12-4-2-3-5-12)18(27)24-10-16(25)23-14-9-13(19(20,21)22)6-7-15(14)24/h6-7,9,11-12H,2-5,8,10H2,1H3,(H,23,25). The second-order valence-corrected chi connectivity index (χ2v) is 7.19. The summed E-state index contributed by atoms with van der Waals surface area (Å²) in [5.74, 6) is -1.50. The topological polar surface area (TPSA) is 75.7 Å². The number of amides is 2. The minimum atomic E-state index is -4.57. The van der Waals surface area contributed by atoms with E-state index >= 15 is 0 Å². The lowest BCUT2D eigenvalue weighted by atomic mass is 10.0. The Hall–Kier alpha value is -2.58. The van der Waals surface area contributed by atoms with Gasteiger partial charge in [-0.1, -0.05) is 12.8 Å². The number of nitrogens with zero attached hydrogens (tertiary/aromatic N) is 1. The van der Waals surface area contributed by atoms with Crippen LogP contribution < -0.4 is 10.2 Å². The van der Waals surface area contributed by atoms with Crippen molar-refractivity contribution in [2.24, 2.45) is 5.92 Å². The minimum Gasteiger partial charge on any atom is -0.453 e. The van der Waals surface area contributed by atoms with E-state index in [1.54, 1.807) is 0 Å². The Morgan fingerprint density at radius 2 is 1.96 bits per heavy atom. The Morgan fingerprint density at radius 1 is 1.29 bits per heavy atom. The molecule has 28 heavy (non-hydrogen) atoms. The molecule has 6 nitrogen and oxygen atoms in total. The summed E-state index contributed by atoms with van der Waals surface area (Å²) in [5.41, 5.74) is -0.905. The number of rotatable bonds is 4. The summed E-state index contributed by atoms with van der Waals surface area (Å²) in [6.45, 7) is 1.03. The van der Waals surface area contributed by atoms with Gasteiger partial charge in [-0.25, -0.2) is 0 Å². The van der Waals surface area contributed by atoms with Gasteiger partial charge < -0.3 is 10.1 Å². The largest absolute Gasteiger partial charge is 0.453 e. The molecule has 1 saturated carbocycles. The van der Waals surface area contributed by atoms with Crippen molar-refractivity contribution in [3.63, 3.8) is 0 Å². The molecule has 2 amide bonds. The van der Waals surface area contributed by atoms with Gasteiger partial charge in [-0.3, -0.25) is 19.3 Å². The molecule has 1 fully saturated rings. The van der Waals surface area contributed by atoms with Crippen molar-refractivity contribution in [1.29, 1.82) is 0 Å². The first-order valence-electron chi connectivity index (χ1n) is 9.17. The van der Waals surface area contributed by atoms with Crippen molar-refractivity contribution in [1.82, 2.24) is 0 Å². The quantitative estimate of drug-likeness (QED) is 0.788. The highest BCUT2D eigenvalue weighted by Gasteiger charge is 2.35. The molecule has 0 aromatic heterocycles. The van der Waals surface area contributed by atoms with Crippen molar-refractivity contribution >= 4 is 29.2 Å². The third-order valence-corrected chi connectivity index (χ3v) is 5.04. The molecule has 3 rings (SSSR count). The summed E-state index contributed by atoms with van der Waals surface area (Å²) in [6.07, 6.45) is -1.41. The molecule has 1 N–H and O–H groups in total. The number of alkyl halides is 3. The Bertz CT molecular complexity index is 788. The lowest BCUT2D eigenvalue weighted by Crippen LogP contribution is -2.47. The summed E-state index contributed by atoms with van der Waals surface area (Å²) in [5, 5.41) is 2.34. The normalized spacial score (nSPS) is 18.4. The number of ether oxygens (including phenoxy) is 1. The molecule has 9 heteroatoms. The van der Waals surface area contributed by atoms with E-state index in [-0.39, 0.29) is 30.3 Å². The number of esters is 1. The fourth-order valence-corrected chi connectivity index (χ4v) is 3.63. The predicted molar refractivity (Wildman–Crippen MR) is 94.6 cm³/mol. The number of nitrogens with one attached hydrogen (secondary N) is 1. The van der Waals surface area contributed by atoms with Gasteiger partial charge in [0, 0.05) is 6.42 Å². The Kier molecular flexibility index (Phi) is 5.62. The van der Waals surface area contributed by atoms with Crippen LogP contribution in [0.4, 0.5) is 24.5 Å². The first kappa shape index (κ1) is 20.2. The number of fused-ring (bicyclic) bond motifs is 1. The van der Waals surface area contributed by atoms with Crippen molar-refractivity contribution < 1.29 is 32.3 Å². The van der Waals surface area contributed by atoms with Crippen molar-refractivity contribution in [3.05, 3.63) is 23.8 Å². The molecule has 1 aromatic rings. The summed E-state index contributed by atoms with van der Waals surface area (Å²) in [7, 11) is 0. The molecule has 1 unspecified atom stereocenters. The van der Waals surface area contributed by atoms with Gasteiger partial charge >= 0.3 is 12.1 Å². The van der Waals surface area contributed by atoms with E-state index in [9.17, 15) is 27.6 Å². The SMILES string of the molecule is CC(OC(=O)CC1CCCC1)C(=O)N1CC(=O)Nc2cc(C(F)(F)F)ccc21. The van der Waals surface area contributed by atoms with E-state index in [0.717, 1.165) is 48.8 Å². The molecule has 1 aliphatic carbocycles. The molecular formula is C19H21F3N2O4. The summed E-state index contributed by atoms with van der Waals surface area (Å²) < 4.78 is 43.9. The fourth-order valence-electron chi connectivity index (χ4n) is 3.63. The average Bonchev–Trinajstić information content (AvgIpc) is 3.11. The lowest BCUT2D eigenvalue weighted by Gasteiger charge is -2.31. The first-order chi connectivity index (χ1) is 13.1. The van der Waals surface area contributed by atoms with Gasteiger partial charge in [-0.2, -0.15) is 13.2 Å². The van der Waals surface area contributed by atoms with Crippen molar-refractivity contribution in [3.8, 4) is 0 Å². The Morgan fingerprint density at radius 3 is 2.61 bits per heavy atom. The Labute approximate surface area is 160 Å². The zero-order valence-electron chi connectivity index (χ0n) is 15.3. The molecule has 1 aliphatic heterocycles. The maximum atomic E-state index is 12.9. The van der Waals surface area contributed by atoms with Gasteiger partial charge in [0.2, 0.25) is 5.91 Å². The molecule has 1 atom stereocenters. The maximum Gasteiger partial charge on any atom is 0.416 e. The lowest BCUT2D eigenvalue weighted by molar-refractivity contribution is -0.154. The van der Waals surface area contributed by atoms with Crippen LogP contribution in [0.15, 0.2) is 18.2 Å². The molecule has 152 valence electrons. The van der Waals surface area contributed by atoms with Crippen molar-refractivity contribution in [2.45, 2.75) is 51.3 Å². The molecule has 0 radical (unpaired) electrons.